The van der Waals surface area contributed by atoms with Crippen LogP contribution >= 0.6 is 20.8 Å². The van der Waals surface area contributed by atoms with Crippen molar-refractivity contribution < 1.29 is 9.18 Å². The molecule has 4 rings (SSSR count). The van der Waals surface area contributed by atoms with Gasteiger partial charge in [0, 0.05) is 36.8 Å². The number of rotatable bonds is 4. The molecule has 1 aliphatic rings. The average molecular weight is 435 g/mol. The Labute approximate surface area is 175 Å². The predicted molar refractivity (Wildman–Crippen MR) is 113 cm³/mol. The lowest BCUT2D eigenvalue weighted by atomic mass is 10.0. The molecule has 0 saturated carbocycles. The third kappa shape index (κ3) is 4.33. The number of nitrogens with zero attached hydrogens (tertiary/aromatic N) is 6. The Morgan fingerprint density at radius 2 is 2.00 bits per heavy atom. The quantitative estimate of drug-likeness (QED) is 0.591. The largest absolute Gasteiger partial charge is 0.352 e. The van der Waals surface area contributed by atoms with E-state index in [1.54, 1.807) is 29.0 Å². The zero-order chi connectivity index (χ0) is 20.6. The maximum atomic E-state index is 14.3. The van der Waals surface area contributed by atoms with Gasteiger partial charge in [0.15, 0.2) is 5.65 Å². The van der Waals surface area contributed by atoms with Crippen molar-refractivity contribution in [1.82, 2.24) is 24.7 Å². The van der Waals surface area contributed by atoms with E-state index < -0.39 is 5.41 Å². The van der Waals surface area contributed by atoms with Gasteiger partial charge in [-0.3, -0.25) is 4.79 Å². The van der Waals surface area contributed by atoms with Gasteiger partial charge in [-0.1, -0.05) is 33.0 Å². The summed E-state index contributed by atoms with van der Waals surface area (Å²) in [7, 11) is 2.14. The average Bonchev–Trinajstić information content (AvgIpc) is 3.16. The molecule has 2 aromatic heterocycles. The third-order valence-corrected chi connectivity index (χ3v) is 5.66. The van der Waals surface area contributed by atoms with Crippen LogP contribution < -0.4 is 4.90 Å². The Hall–Kier alpha value is -2.31. The van der Waals surface area contributed by atoms with Crippen LogP contribution in [0.2, 0.25) is 5.02 Å². The summed E-state index contributed by atoms with van der Waals surface area (Å²) in [6.45, 7) is 4.00. The molecular formula is C19H21ClFN6OP. The second-order valence-corrected chi connectivity index (χ2v) is 8.75. The van der Waals surface area contributed by atoms with Crippen LogP contribution in [0.4, 0.5) is 10.2 Å². The summed E-state index contributed by atoms with van der Waals surface area (Å²) < 4.78 is 15.9. The molecule has 1 amide bonds. The first-order valence-corrected chi connectivity index (χ1v) is 10.2. The predicted octanol–water partition coefficient (Wildman–Crippen LogP) is 2.69. The number of carbonyl (C=O) groups is 1. The highest BCUT2D eigenvalue weighted by Crippen LogP contribution is 2.37. The van der Waals surface area contributed by atoms with Crippen LogP contribution in [0.1, 0.15) is 18.1 Å². The Morgan fingerprint density at radius 1 is 1.24 bits per heavy atom. The van der Waals surface area contributed by atoms with Gasteiger partial charge in [0.25, 0.3) is 0 Å². The van der Waals surface area contributed by atoms with E-state index in [-0.39, 0.29) is 12.3 Å². The smallest absolute Gasteiger partial charge is 0.227 e. The monoisotopic (exact) mass is 434 g/mol. The third-order valence-electron chi connectivity index (χ3n) is 5.02. The molecule has 0 bridgehead atoms. The van der Waals surface area contributed by atoms with E-state index in [1.165, 1.54) is 6.92 Å². The number of anilines is 1. The molecule has 0 aliphatic carbocycles. The number of piperazine rings is 1. The minimum atomic E-state index is -1.64. The van der Waals surface area contributed by atoms with Crippen LogP contribution in [-0.4, -0.2) is 56.8 Å². The van der Waals surface area contributed by atoms with E-state index in [0.29, 0.717) is 42.4 Å². The molecule has 29 heavy (non-hydrogen) atoms. The van der Waals surface area contributed by atoms with Crippen LogP contribution in [0.15, 0.2) is 36.7 Å². The van der Waals surface area contributed by atoms with E-state index in [0.717, 1.165) is 11.4 Å². The Bertz CT molecular complexity index is 1040. The lowest BCUT2D eigenvalue weighted by Crippen LogP contribution is -2.49. The minimum Gasteiger partial charge on any atom is -0.352 e. The molecule has 0 spiro atoms. The van der Waals surface area contributed by atoms with Crippen LogP contribution in [0, 0.1) is 0 Å². The zero-order valence-electron chi connectivity index (χ0n) is 15.9. The lowest BCUT2D eigenvalue weighted by molar-refractivity contribution is -0.130. The molecule has 0 N–H and O–H groups in total. The van der Waals surface area contributed by atoms with E-state index >= 15 is 0 Å². The van der Waals surface area contributed by atoms with Gasteiger partial charge in [0.1, 0.15) is 17.6 Å². The number of amides is 1. The molecule has 1 saturated heterocycles. The topological polar surface area (TPSA) is 66.6 Å². The fourth-order valence-corrected chi connectivity index (χ4v) is 4.05. The SMILES string of the molecule is CC(F)(P)c1cc(CC(=O)N2CCN(c3ccc4nncn4n3)CC2)ccc1Cl. The summed E-state index contributed by atoms with van der Waals surface area (Å²) in [5.41, 5.74) is 1.82. The van der Waals surface area contributed by atoms with Crippen molar-refractivity contribution in [1.29, 1.82) is 0 Å². The number of hydrogen-bond donors (Lipinski definition) is 0. The van der Waals surface area contributed by atoms with Gasteiger partial charge < -0.3 is 9.80 Å². The normalized spacial score (nSPS) is 16.8. The highest BCUT2D eigenvalue weighted by molar-refractivity contribution is 7.18. The van der Waals surface area contributed by atoms with Crippen molar-refractivity contribution in [2.24, 2.45) is 0 Å². The fourth-order valence-electron chi connectivity index (χ4n) is 3.42. The van der Waals surface area contributed by atoms with Gasteiger partial charge in [-0.15, -0.1) is 15.3 Å². The standard InChI is InChI=1S/C19H21ClFN6OP/c1-19(21,29)14-10-13(2-3-15(14)20)11-18(28)26-8-6-25(7-9-26)17-5-4-16-23-22-12-27(16)24-17/h2-5,10,12H,6-9,11,29H2,1H3. The molecule has 7 nitrogen and oxygen atoms in total. The van der Waals surface area contributed by atoms with Gasteiger partial charge in [0.2, 0.25) is 5.91 Å². The number of carbonyl (C=O) groups excluding carboxylic acids is 1. The number of halogens is 2. The minimum absolute atomic E-state index is 0.0180. The van der Waals surface area contributed by atoms with Crippen molar-refractivity contribution >= 4 is 38.2 Å². The summed E-state index contributed by atoms with van der Waals surface area (Å²) >= 11 is 6.10. The molecule has 2 unspecified atom stereocenters. The van der Waals surface area contributed by atoms with Gasteiger partial charge in [-0.25, -0.2) is 4.39 Å². The number of hydrogen-bond acceptors (Lipinski definition) is 5. The molecule has 3 heterocycles. The van der Waals surface area contributed by atoms with Gasteiger partial charge in [-0.2, -0.15) is 4.52 Å². The molecule has 1 aliphatic heterocycles. The van der Waals surface area contributed by atoms with Crippen molar-refractivity contribution in [3.8, 4) is 0 Å². The summed E-state index contributed by atoms with van der Waals surface area (Å²) in [6.07, 6.45) is 1.78. The molecule has 1 fully saturated rings. The van der Waals surface area contributed by atoms with Gasteiger partial charge in [0.05, 0.1) is 6.42 Å². The summed E-state index contributed by atoms with van der Waals surface area (Å²) in [5, 5.41) is 11.0. The van der Waals surface area contributed by atoms with Crippen LogP contribution in [-0.2, 0) is 16.6 Å². The van der Waals surface area contributed by atoms with Crippen LogP contribution in [0.25, 0.3) is 5.65 Å². The number of alkyl halides is 1. The number of fused-ring (bicyclic) bond motifs is 1. The maximum absolute atomic E-state index is 14.3. The molecule has 10 heteroatoms. The lowest BCUT2D eigenvalue weighted by Gasteiger charge is -2.35. The van der Waals surface area contributed by atoms with Crippen molar-refractivity contribution in [3.05, 3.63) is 52.8 Å². The molecule has 2 atom stereocenters. The van der Waals surface area contributed by atoms with Crippen molar-refractivity contribution in [3.63, 3.8) is 0 Å². The highest BCUT2D eigenvalue weighted by atomic mass is 35.5. The molecule has 152 valence electrons. The summed E-state index contributed by atoms with van der Waals surface area (Å²) in [5.74, 6) is 0.846. The van der Waals surface area contributed by atoms with Gasteiger partial charge >= 0.3 is 0 Å². The van der Waals surface area contributed by atoms with E-state index in [4.69, 9.17) is 11.6 Å². The Kier molecular flexibility index (Phi) is 5.40. The zero-order valence-corrected chi connectivity index (χ0v) is 17.8. The molecule has 3 aromatic rings. The van der Waals surface area contributed by atoms with Crippen LogP contribution in [0.5, 0.6) is 0 Å². The number of aromatic nitrogens is 4. The molecule has 0 radical (unpaired) electrons. The van der Waals surface area contributed by atoms with Gasteiger partial charge in [-0.05, 0) is 30.7 Å². The summed E-state index contributed by atoms with van der Waals surface area (Å²) in [4.78, 5) is 16.7. The first kappa shape index (κ1) is 20.0. The van der Waals surface area contributed by atoms with Crippen molar-refractivity contribution in [2.45, 2.75) is 18.8 Å². The highest BCUT2D eigenvalue weighted by Gasteiger charge is 2.25. The van der Waals surface area contributed by atoms with E-state index in [1.807, 2.05) is 17.0 Å². The molecular weight excluding hydrogens is 414 g/mol. The van der Waals surface area contributed by atoms with Crippen LogP contribution in [0.3, 0.4) is 0 Å². The number of benzene rings is 1. The second kappa shape index (κ2) is 7.84. The Morgan fingerprint density at radius 3 is 2.72 bits per heavy atom. The van der Waals surface area contributed by atoms with E-state index in [9.17, 15) is 9.18 Å². The first-order valence-electron chi connectivity index (χ1n) is 9.28. The first-order chi connectivity index (χ1) is 13.8. The second-order valence-electron chi connectivity index (χ2n) is 7.26. The van der Waals surface area contributed by atoms with Crippen molar-refractivity contribution in [2.75, 3.05) is 31.1 Å². The molecule has 1 aromatic carbocycles. The summed E-state index contributed by atoms with van der Waals surface area (Å²) in [6, 6.07) is 8.87. The fraction of sp³-hybridized carbons (Fsp3) is 0.368. The van der Waals surface area contributed by atoms with E-state index in [2.05, 4.69) is 29.4 Å². The Balaban J connectivity index is 1.39. The maximum Gasteiger partial charge on any atom is 0.227 e.